The summed E-state index contributed by atoms with van der Waals surface area (Å²) in [4.78, 5) is 0. The Bertz CT molecular complexity index is 525. The molecule has 0 radical (unpaired) electrons. The van der Waals surface area contributed by atoms with Crippen molar-refractivity contribution in [1.82, 2.24) is 5.32 Å². The van der Waals surface area contributed by atoms with Gasteiger partial charge in [0, 0.05) is 16.2 Å². The number of hydrogen-bond donors (Lipinski definition) is 2. The van der Waals surface area contributed by atoms with Gasteiger partial charge in [0.25, 0.3) is 0 Å². The van der Waals surface area contributed by atoms with E-state index in [-0.39, 0.29) is 6.61 Å². The number of aliphatic hydroxyl groups is 1. The third-order valence-corrected chi connectivity index (χ3v) is 3.88. The number of aliphatic hydroxyl groups excluding tert-OH is 1. The maximum atomic E-state index is 9.12. The zero-order valence-corrected chi connectivity index (χ0v) is 13.1. The van der Waals surface area contributed by atoms with E-state index in [1.807, 2.05) is 18.2 Å². The van der Waals surface area contributed by atoms with Crippen molar-refractivity contribution in [1.29, 1.82) is 0 Å². The average Bonchev–Trinajstić information content (AvgIpc) is 2.46. The molecule has 0 aliphatic rings. The minimum absolute atomic E-state index is 0.0977. The van der Waals surface area contributed by atoms with Crippen LogP contribution in [0.15, 0.2) is 48.5 Å². The predicted octanol–water partition coefficient (Wildman–Crippen LogP) is 3.63. The Balaban J connectivity index is 1.96. The van der Waals surface area contributed by atoms with Gasteiger partial charge in [-0.3, -0.25) is 0 Å². The molecule has 2 nitrogen and oxygen atoms in total. The summed E-state index contributed by atoms with van der Waals surface area (Å²) in [5.74, 6) is 0. The van der Waals surface area contributed by atoms with Gasteiger partial charge in [-0.15, -0.1) is 0 Å². The minimum atomic E-state index is 0.0977. The van der Waals surface area contributed by atoms with Gasteiger partial charge < -0.3 is 10.4 Å². The lowest BCUT2D eigenvalue weighted by atomic mass is 10.1. The molecule has 0 amide bonds. The summed E-state index contributed by atoms with van der Waals surface area (Å²) in [6.45, 7) is 3.07. The molecular weight excluding hydrogens is 349 g/mol. The Morgan fingerprint density at radius 2 is 1.79 bits per heavy atom. The molecule has 0 aliphatic carbocycles. The molecule has 2 rings (SSSR count). The monoisotopic (exact) mass is 367 g/mol. The molecule has 3 heteroatoms. The number of nitrogens with one attached hydrogen (secondary N) is 1. The van der Waals surface area contributed by atoms with Crippen LogP contribution in [-0.2, 0) is 13.2 Å². The van der Waals surface area contributed by atoms with Gasteiger partial charge in [0.15, 0.2) is 0 Å². The fourth-order valence-corrected chi connectivity index (χ4v) is 2.34. The van der Waals surface area contributed by atoms with Crippen molar-refractivity contribution in [3.8, 4) is 0 Å². The number of rotatable bonds is 5. The third-order valence-electron chi connectivity index (χ3n) is 3.16. The fourth-order valence-electron chi connectivity index (χ4n) is 1.98. The van der Waals surface area contributed by atoms with Gasteiger partial charge in [-0.05, 0) is 58.3 Å². The fraction of sp³-hybridized carbons (Fsp3) is 0.250. The molecule has 0 spiro atoms. The highest BCUT2D eigenvalue weighted by Crippen LogP contribution is 2.15. The first-order valence-electron chi connectivity index (χ1n) is 6.36. The topological polar surface area (TPSA) is 32.3 Å². The first kappa shape index (κ1) is 14.5. The van der Waals surface area contributed by atoms with Gasteiger partial charge in [0.05, 0.1) is 6.61 Å². The zero-order chi connectivity index (χ0) is 13.7. The van der Waals surface area contributed by atoms with Crippen molar-refractivity contribution < 1.29 is 5.11 Å². The van der Waals surface area contributed by atoms with E-state index in [9.17, 15) is 0 Å². The summed E-state index contributed by atoms with van der Waals surface area (Å²) in [7, 11) is 0. The second kappa shape index (κ2) is 7.03. The summed E-state index contributed by atoms with van der Waals surface area (Å²) >= 11 is 2.31. The molecule has 0 bridgehead atoms. The molecule has 0 aromatic heterocycles. The minimum Gasteiger partial charge on any atom is -0.392 e. The van der Waals surface area contributed by atoms with Crippen molar-refractivity contribution in [3.05, 3.63) is 68.8 Å². The highest BCUT2D eigenvalue weighted by Gasteiger charge is 2.04. The van der Waals surface area contributed by atoms with Crippen LogP contribution in [0, 0.1) is 3.57 Å². The molecule has 0 saturated carbocycles. The summed E-state index contributed by atoms with van der Waals surface area (Å²) in [6.07, 6.45) is 0. The van der Waals surface area contributed by atoms with Gasteiger partial charge in [0.2, 0.25) is 0 Å². The Kier molecular flexibility index (Phi) is 5.36. The van der Waals surface area contributed by atoms with E-state index in [0.29, 0.717) is 6.04 Å². The van der Waals surface area contributed by atoms with Crippen LogP contribution in [0.1, 0.15) is 29.7 Å². The Labute approximate surface area is 128 Å². The Morgan fingerprint density at radius 1 is 1.11 bits per heavy atom. The third kappa shape index (κ3) is 4.30. The molecular formula is C16H18INO. The largest absolute Gasteiger partial charge is 0.392 e. The molecule has 19 heavy (non-hydrogen) atoms. The molecule has 100 valence electrons. The highest BCUT2D eigenvalue weighted by molar-refractivity contribution is 14.1. The SMILES string of the molecule is CC(NCc1cccc(CO)c1)c1ccc(I)cc1. The zero-order valence-electron chi connectivity index (χ0n) is 10.9. The van der Waals surface area contributed by atoms with Crippen molar-refractivity contribution in [3.63, 3.8) is 0 Å². The van der Waals surface area contributed by atoms with E-state index >= 15 is 0 Å². The first-order valence-corrected chi connectivity index (χ1v) is 7.44. The van der Waals surface area contributed by atoms with Crippen LogP contribution in [0.25, 0.3) is 0 Å². The predicted molar refractivity (Wildman–Crippen MR) is 86.8 cm³/mol. The van der Waals surface area contributed by atoms with E-state index in [2.05, 4.69) is 65.2 Å². The standard InChI is InChI=1S/C16H18INO/c1-12(15-5-7-16(17)8-6-15)18-10-13-3-2-4-14(9-13)11-19/h2-9,12,18-19H,10-11H2,1H3. The van der Waals surface area contributed by atoms with E-state index in [1.54, 1.807) is 0 Å². The van der Waals surface area contributed by atoms with Crippen molar-refractivity contribution in [2.45, 2.75) is 26.1 Å². The normalized spacial score (nSPS) is 12.4. The molecule has 2 N–H and O–H groups in total. The van der Waals surface area contributed by atoms with E-state index in [1.165, 1.54) is 14.7 Å². The molecule has 0 heterocycles. The van der Waals surface area contributed by atoms with Crippen LogP contribution in [-0.4, -0.2) is 5.11 Å². The lowest BCUT2D eigenvalue weighted by molar-refractivity contribution is 0.281. The number of halogens is 1. The molecule has 1 atom stereocenters. The molecule has 1 unspecified atom stereocenters. The lowest BCUT2D eigenvalue weighted by Gasteiger charge is -2.14. The number of benzene rings is 2. The smallest absolute Gasteiger partial charge is 0.0681 e. The van der Waals surface area contributed by atoms with Crippen LogP contribution in [0.5, 0.6) is 0 Å². The maximum absolute atomic E-state index is 9.12. The van der Waals surface area contributed by atoms with Gasteiger partial charge in [-0.1, -0.05) is 36.4 Å². The highest BCUT2D eigenvalue weighted by atomic mass is 127. The maximum Gasteiger partial charge on any atom is 0.0681 e. The van der Waals surface area contributed by atoms with Crippen LogP contribution < -0.4 is 5.32 Å². The van der Waals surface area contributed by atoms with Crippen molar-refractivity contribution >= 4 is 22.6 Å². The van der Waals surface area contributed by atoms with E-state index in [4.69, 9.17) is 5.11 Å². The molecule has 2 aromatic carbocycles. The molecule has 0 saturated heterocycles. The van der Waals surface area contributed by atoms with Crippen LogP contribution in [0.3, 0.4) is 0 Å². The summed E-state index contributed by atoms with van der Waals surface area (Å²) in [5, 5.41) is 12.6. The van der Waals surface area contributed by atoms with Gasteiger partial charge in [0.1, 0.15) is 0 Å². The molecule has 0 aliphatic heterocycles. The van der Waals surface area contributed by atoms with Gasteiger partial charge >= 0.3 is 0 Å². The summed E-state index contributed by atoms with van der Waals surface area (Å²) in [5.41, 5.74) is 3.45. The molecule has 0 fully saturated rings. The second-order valence-electron chi connectivity index (χ2n) is 4.63. The quantitative estimate of drug-likeness (QED) is 0.791. The summed E-state index contributed by atoms with van der Waals surface area (Å²) in [6, 6.07) is 16.9. The van der Waals surface area contributed by atoms with Crippen LogP contribution in [0.4, 0.5) is 0 Å². The van der Waals surface area contributed by atoms with Crippen molar-refractivity contribution in [2.24, 2.45) is 0 Å². The van der Waals surface area contributed by atoms with Gasteiger partial charge in [-0.2, -0.15) is 0 Å². The number of hydrogen-bond acceptors (Lipinski definition) is 2. The Hall–Kier alpha value is -0.910. The van der Waals surface area contributed by atoms with Gasteiger partial charge in [-0.25, -0.2) is 0 Å². The Morgan fingerprint density at radius 3 is 2.47 bits per heavy atom. The first-order chi connectivity index (χ1) is 9.19. The summed E-state index contributed by atoms with van der Waals surface area (Å²) < 4.78 is 1.25. The van der Waals surface area contributed by atoms with E-state index < -0.39 is 0 Å². The lowest BCUT2D eigenvalue weighted by Crippen LogP contribution is -2.18. The van der Waals surface area contributed by atoms with Crippen molar-refractivity contribution in [2.75, 3.05) is 0 Å². The second-order valence-corrected chi connectivity index (χ2v) is 5.88. The van der Waals surface area contributed by atoms with Crippen LogP contribution >= 0.6 is 22.6 Å². The molecule has 2 aromatic rings. The van der Waals surface area contributed by atoms with Crippen LogP contribution in [0.2, 0.25) is 0 Å². The average molecular weight is 367 g/mol. The van der Waals surface area contributed by atoms with E-state index in [0.717, 1.165) is 12.1 Å².